The molecule has 0 radical (unpaired) electrons. The lowest BCUT2D eigenvalue weighted by molar-refractivity contribution is -0.163. The van der Waals surface area contributed by atoms with Gasteiger partial charge in [-0.2, -0.15) is 0 Å². The second-order valence-electron chi connectivity index (χ2n) is 5.46. The SMILES string of the molecule is CCOC(=O)C1(C(=O)OCC)C[C@@H]1S(=O)(=O)c1ccc(C)cc1. The monoisotopic (exact) mass is 340 g/mol. The number of rotatable bonds is 6. The van der Waals surface area contributed by atoms with E-state index >= 15 is 0 Å². The van der Waals surface area contributed by atoms with Crippen molar-refractivity contribution in [3.8, 4) is 0 Å². The van der Waals surface area contributed by atoms with E-state index in [1.807, 2.05) is 6.92 Å². The second kappa shape index (κ2) is 6.31. The largest absolute Gasteiger partial charge is 0.465 e. The van der Waals surface area contributed by atoms with Gasteiger partial charge in [0.25, 0.3) is 0 Å². The van der Waals surface area contributed by atoms with Gasteiger partial charge in [-0.3, -0.25) is 9.59 Å². The van der Waals surface area contributed by atoms with Gasteiger partial charge in [0, 0.05) is 0 Å². The average Bonchev–Trinajstić information content (AvgIpc) is 3.26. The van der Waals surface area contributed by atoms with Gasteiger partial charge >= 0.3 is 11.9 Å². The van der Waals surface area contributed by atoms with Gasteiger partial charge in [-0.25, -0.2) is 8.42 Å². The van der Waals surface area contributed by atoms with Gasteiger partial charge in [-0.05, 0) is 39.3 Å². The summed E-state index contributed by atoms with van der Waals surface area (Å²) in [6.07, 6.45) is -0.110. The molecule has 1 aliphatic carbocycles. The fraction of sp³-hybridized carbons (Fsp3) is 0.500. The Morgan fingerprint density at radius 1 is 1.09 bits per heavy atom. The minimum Gasteiger partial charge on any atom is -0.465 e. The highest BCUT2D eigenvalue weighted by atomic mass is 32.2. The van der Waals surface area contributed by atoms with Crippen LogP contribution in [0, 0.1) is 12.3 Å². The van der Waals surface area contributed by atoms with Crippen LogP contribution in [0.25, 0.3) is 0 Å². The third kappa shape index (κ3) is 2.97. The smallest absolute Gasteiger partial charge is 0.324 e. The van der Waals surface area contributed by atoms with Gasteiger partial charge in [0.15, 0.2) is 15.3 Å². The zero-order valence-corrected chi connectivity index (χ0v) is 14.2. The summed E-state index contributed by atoms with van der Waals surface area (Å²) in [6.45, 7) is 5.18. The number of ether oxygens (including phenoxy) is 2. The summed E-state index contributed by atoms with van der Waals surface area (Å²) in [5, 5.41) is -1.14. The Labute approximate surface area is 135 Å². The van der Waals surface area contributed by atoms with Crippen molar-refractivity contribution in [2.24, 2.45) is 5.41 Å². The second-order valence-corrected chi connectivity index (χ2v) is 7.59. The molecule has 1 aromatic rings. The van der Waals surface area contributed by atoms with Crippen LogP contribution in [0.3, 0.4) is 0 Å². The van der Waals surface area contributed by atoms with Crippen LogP contribution in [-0.2, 0) is 28.9 Å². The topological polar surface area (TPSA) is 86.7 Å². The molecule has 7 heteroatoms. The van der Waals surface area contributed by atoms with E-state index in [-0.39, 0.29) is 24.5 Å². The minimum absolute atomic E-state index is 0.0668. The Kier molecular flexibility index (Phi) is 4.79. The van der Waals surface area contributed by atoms with Crippen molar-refractivity contribution >= 4 is 21.8 Å². The van der Waals surface area contributed by atoms with E-state index in [4.69, 9.17) is 9.47 Å². The van der Waals surface area contributed by atoms with E-state index in [2.05, 4.69) is 0 Å². The first-order valence-electron chi connectivity index (χ1n) is 7.45. The predicted molar refractivity (Wildman–Crippen MR) is 82.5 cm³/mol. The molecule has 23 heavy (non-hydrogen) atoms. The summed E-state index contributed by atoms with van der Waals surface area (Å²) in [6, 6.07) is 6.30. The Bertz CT molecular complexity index is 687. The van der Waals surface area contributed by atoms with E-state index in [9.17, 15) is 18.0 Å². The Hall–Kier alpha value is -1.89. The summed E-state index contributed by atoms with van der Waals surface area (Å²) in [4.78, 5) is 24.5. The average molecular weight is 340 g/mol. The van der Waals surface area contributed by atoms with Crippen molar-refractivity contribution in [2.75, 3.05) is 13.2 Å². The molecule has 0 aliphatic heterocycles. The van der Waals surface area contributed by atoms with E-state index in [1.54, 1.807) is 26.0 Å². The molecule has 0 saturated heterocycles. The first-order chi connectivity index (χ1) is 10.8. The van der Waals surface area contributed by atoms with Crippen LogP contribution in [-0.4, -0.2) is 38.8 Å². The van der Waals surface area contributed by atoms with Gasteiger partial charge in [-0.1, -0.05) is 17.7 Å². The molecule has 0 spiro atoms. The molecule has 0 heterocycles. The lowest BCUT2D eigenvalue weighted by atomic mass is 10.1. The molecule has 1 aromatic carbocycles. The standard InChI is InChI=1S/C16H20O6S/c1-4-21-14(17)16(15(18)22-5-2)10-13(16)23(19,20)12-8-6-11(3)7-9-12/h6-9,13H,4-5,10H2,1-3H3/t13-/m0/s1. The predicted octanol–water partition coefficient (Wildman–Crippen LogP) is 1.65. The number of benzene rings is 1. The molecule has 2 rings (SSSR count). The number of carbonyl (C=O) groups is 2. The maximum absolute atomic E-state index is 12.7. The molecular formula is C16H20O6S. The maximum Gasteiger partial charge on any atom is 0.324 e. The summed E-state index contributed by atoms with van der Waals surface area (Å²) in [7, 11) is -3.82. The maximum atomic E-state index is 12.7. The number of hydrogen-bond acceptors (Lipinski definition) is 6. The third-order valence-electron chi connectivity index (χ3n) is 3.90. The van der Waals surface area contributed by atoms with Crippen molar-refractivity contribution in [1.29, 1.82) is 0 Å². The van der Waals surface area contributed by atoms with Crippen molar-refractivity contribution in [3.63, 3.8) is 0 Å². The Morgan fingerprint density at radius 2 is 1.57 bits per heavy atom. The molecule has 0 bridgehead atoms. The van der Waals surface area contributed by atoms with E-state index in [0.29, 0.717) is 0 Å². The van der Waals surface area contributed by atoms with Crippen LogP contribution in [0.1, 0.15) is 25.8 Å². The molecule has 0 unspecified atom stereocenters. The lowest BCUT2D eigenvalue weighted by Gasteiger charge is -2.15. The van der Waals surface area contributed by atoms with Crippen LogP contribution in [0.5, 0.6) is 0 Å². The molecular weight excluding hydrogens is 320 g/mol. The van der Waals surface area contributed by atoms with Crippen LogP contribution < -0.4 is 0 Å². The van der Waals surface area contributed by atoms with Gasteiger partial charge < -0.3 is 9.47 Å². The van der Waals surface area contributed by atoms with Crippen LogP contribution >= 0.6 is 0 Å². The number of esters is 2. The molecule has 1 atom stereocenters. The van der Waals surface area contributed by atoms with Crippen molar-refractivity contribution in [2.45, 2.75) is 37.3 Å². The highest BCUT2D eigenvalue weighted by Crippen LogP contribution is 2.54. The van der Waals surface area contributed by atoms with Gasteiger partial charge in [0.05, 0.1) is 23.4 Å². The molecule has 6 nitrogen and oxygen atoms in total. The first kappa shape index (κ1) is 17.5. The Balaban J connectivity index is 2.37. The van der Waals surface area contributed by atoms with Crippen LogP contribution in [0.15, 0.2) is 29.2 Å². The van der Waals surface area contributed by atoms with E-state index in [0.717, 1.165) is 5.56 Å². The third-order valence-corrected chi connectivity index (χ3v) is 6.15. The fourth-order valence-electron chi connectivity index (χ4n) is 2.53. The highest BCUT2D eigenvalue weighted by molar-refractivity contribution is 7.92. The number of aryl methyl sites for hydroxylation is 1. The normalized spacial score (nSPS) is 19.0. The molecule has 1 aliphatic rings. The summed E-state index contributed by atoms with van der Waals surface area (Å²) in [5.41, 5.74) is -0.822. The Morgan fingerprint density at radius 3 is 2.00 bits per heavy atom. The van der Waals surface area contributed by atoms with E-state index in [1.165, 1.54) is 12.1 Å². The molecule has 0 amide bonds. The number of hydrogen-bond donors (Lipinski definition) is 0. The number of carbonyl (C=O) groups excluding carboxylic acids is 2. The van der Waals surface area contributed by atoms with Crippen LogP contribution in [0.4, 0.5) is 0 Å². The quantitative estimate of drug-likeness (QED) is 0.578. The first-order valence-corrected chi connectivity index (χ1v) is 9.00. The molecule has 0 aromatic heterocycles. The zero-order chi connectivity index (χ0) is 17.3. The summed E-state index contributed by atoms with van der Waals surface area (Å²) < 4.78 is 35.3. The van der Waals surface area contributed by atoms with Crippen LogP contribution in [0.2, 0.25) is 0 Å². The summed E-state index contributed by atoms with van der Waals surface area (Å²) in [5.74, 6) is -1.67. The summed E-state index contributed by atoms with van der Waals surface area (Å²) >= 11 is 0. The lowest BCUT2D eigenvalue weighted by Crippen LogP contribution is -2.35. The molecule has 126 valence electrons. The van der Waals surface area contributed by atoms with Gasteiger partial charge in [0.1, 0.15) is 0 Å². The molecule has 0 N–H and O–H groups in total. The van der Waals surface area contributed by atoms with Crippen molar-refractivity contribution in [3.05, 3.63) is 29.8 Å². The van der Waals surface area contributed by atoms with E-state index < -0.39 is 32.4 Å². The van der Waals surface area contributed by atoms with Crippen molar-refractivity contribution in [1.82, 2.24) is 0 Å². The zero-order valence-electron chi connectivity index (χ0n) is 13.4. The fourth-order valence-corrected chi connectivity index (χ4v) is 4.58. The molecule has 1 saturated carbocycles. The van der Waals surface area contributed by atoms with Crippen molar-refractivity contribution < 1.29 is 27.5 Å². The van der Waals surface area contributed by atoms with Gasteiger partial charge in [-0.15, -0.1) is 0 Å². The number of sulfone groups is 1. The van der Waals surface area contributed by atoms with Gasteiger partial charge in [0.2, 0.25) is 0 Å². The minimum atomic E-state index is -3.82. The highest BCUT2D eigenvalue weighted by Gasteiger charge is 2.73. The molecule has 1 fully saturated rings.